The number of ether oxygens (including phenoxy) is 2. The highest BCUT2D eigenvalue weighted by atomic mass is 32.1. The maximum absolute atomic E-state index is 12.2. The van der Waals surface area contributed by atoms with Gasteiger partial charge in [0, 0.05) is 23.6 Å². The molecule has 1 aliphatic heterocycles. The van der Waals surface area contributed by atoms with E-state index in [-0.39, 0.29) is 11.9 Å². The Balaban J connectivity index is 1.67. The third-order valence-electron chi connectivity index (χ3n) is 3.65. The summed E-state index contributed by atoms with van der Waals surface area (Å²) < 4.78 is 34.3. The number of aryl methyl sites for hydroxylation is 1. The van der Waals surface area contributed by atoms with E-state index in [2.05, 4.69) is 15.0 Å². The first kappa shape index (κ1) is 16.1. The Bertz CT molecular complexity index is 640. The van der Waals surface area contributed by atoms with E-state index in [1.165, 1.54) is 12.1 Å². The molecule has 2 heterocycles. The largest absolute Gasteiger partial charge is 0.435 e. The lowest BCUT2D eigenvalue weighted by atomic mass is 10.1. The van der Waals surface area contributed by atoms with Crippen molar-refractivity contribution in [2.24, 2.45) is 0 Å². The summed E-state index contributed by atoms with van der Waals surface area (Å²) in [4.78, 5) is 5.67. The van der Waals surface area contributed by atoms with Crippen LogP contribution in [0.2, 0.25) is 0 Å². The van der Waals surface area contributed by atoms with Crippen molar-refractivity contribution >= 4 is 16.5 Å². The maximum Gasteiger partial charge on any atom is 0.387 e. The van der Waals surface area contributed by atoms with Gasteiger partial charge in [-0.25, -0.2) is 4.98 Å². The molecule has 1 fully saturated rings. The molecule has 0 radical (unpaired) electrons. The summed E-state index contributed by atoms with van der Waals surface area (Å²) in [6, 6.07) is 6.53. The Labute approximate surface area is 137 Å². The molecule has 1 atom stereocenters. The summed E-state index contributed by atoms with van der Waals surface area (Å²) in [5.41, 5.74) is 1.74. The number of aromatic nitrogens is 1. The molecule has 3 rings (SSSR count). The van der Waals surface area contributed by atoms with E-state index in [0.29, 0.717) is 0 Å². The van der Waals surface area contributed by atoms with Gasteiger partial charge in [-0.05, 0) is 44.0 Å². The lowest BCUT2D eigenvalue weighted by molar-refractivity contribution is -0.0498. The summed E-state index contributed by atoms with van der Waals surface area (Å²) in [6.07, 6.45) is 2.45. The fraction of sp³-hybridized carbons (Fsp3) is 0.438. The number of hydrogen-bond donors (Lipinski definition) is 1. The van der Waals surface area contributed by atoms with Gasteiger partial charge in [-0.2, -0.15) is 8.78 Å². The van der Waals surface area contributed by atoms with Crippen LogP contribution in [-0.4, -0.2) is 30.9 Å². The van der Waals surface area contributed by atoms with Crippen LogP contribution in [0.4, 0.5) is 13.9 Å². The molecular formula is C16H18F2N2O2S. The topological polar surface area (TPSA) is 43.4 Å². The Morgan fingerprint density at radius 3 is 2.83 bits per heavy atom. The zero-order chi connectivity index (χ0) is 16.2. The molecule has 7 heteroatoms. The van der Waals surface area contributed by atoms with E-state index in [9.17, 15) is 8.78 Å². The number of nitrogens with one attached hydrogen (secondary N) is 1. The SMILES string of the molecule is Cc1sc(NCC2CCCO2)nc1-c1ccc(OC(F)F)cc1. The van der Waals surface area contributed by atoms with Gasteiger partial charge in [-0.15, -0.1) is 11.3 Å². The van der Waals surface area contributed by atoms with Gasteiger partial charge in [0.15, 0.2) is 5.13 Å². The van der Waals surface area contributed by atoms with Crippen LogP contribution in [0.5, 0.6) is 5.75 Å². The molecule has 0 amide bonds. The van der Waals surface area contributed by atoms with Crippen molar-refractivity contribution < 1.29 is 18.3 Å². The molecule has 1 aromatic carbocycles. The van der Waals surface area contributed by atoms with E-state index in [1.54, 1.807) is 23.5 Å². The van der Waals surface area contributed by atoms with Crippen LogP contribution in [0, 0.1) is 6.92 Å². The second-order valence-corrected chi connectivity index (χ2v) is 6.55. The number of halogens is 2. The Morgan fingerprint density at radius 2 is 2.17 bits per heavy atom. The monoisotopic (exact) mass is 340 g/mol. The number of hydrogen-bond acceptors (Lipinski definition) is 5. The van der Waals surface area contributed by atoms with Gasteiger partial charge >= 0.3 is 6.61 Å². The van der Waals surface area contributed by atoms with Gasteiger partial charge < -0.3 is 14.8 Å². The van der Waals surface area contributed by atoms with E-state index in [0.717, 1.165) is 47.3 Å². The molecule has 0 bridgehead atoms. The average molecular weight is 340 g/mol. The Hall–Kier alpha value is -1.73. The number of thiazole rings is 1. The zero-order valence-electron chi connectivity index (χ0n) is 12.7. The fourth-order valence-electron chi connectivity index (χ4n) is 2.54. The number of nitrogens with zero attached hydrogens (tertiary/aromatic N) is 1. The number of benzene rings is 1. The summed E-state index contributed by atoms with van der Waals surface area (Å²) in [5, 5.41) is 4.16. The third-order valence-corrected chi connectivity index (χ3v) is 4.58. The van der Waals surface area contributed by atoms with E-state index in [1.807, 2.05) is 6.92 Å². The number of rotatable bonds is 6. The van der Waals surface area contributed by atoms with Gasteiger partial charge in [0.2, 0.25) is 0 Å². The standard InChI is InChI=1S/C16H18F2N2O2S/c1-10-14(11-4-6-12(7-5-11)22-15(17)18)20-16(23-10)19-9-13-3-2-8-21-13/h4-7,13,15H,2-3,8-9H2,1H3,(H,19,20). The molecule has 124 valence electrons. The van der Waals surface area contributed by atoms with Crippen molar-refractivity contribution in [3.8, 4) is 17.0 Å². The minimum absolute atomic E-state index is 0.147. The van der Waals surface area contributed by atoms with Crippen molar-refractivity contribution in [1.82, 2.24) is 4.98 Å². The first-order chi connectivity index (χ1) is 11.1. The quantitative estimate of drug-likeness (QED) is 0.851. The van der Waals surface area contributed by atoms with Crippen molar-refractivity contribution in [2.45, 2.75) is 32.5 Å². The van der Waals surface area contributed by atoms with Gasteiger partial charge in [0.1, 0.15) is 5.75 Å². The lowest BCUT2D eigenvalue weighted by Crippen LogP contribution is -2.18. The van der Waals surface area contributed by atoms with Crippen LogP contribution in [0.3, 0.4) is 0 Å². The Kier molecular flexibility index (Phi) is 5.07. The molecule has 0 saturated carbocycles. The molecule has 1 unspecified atom stereocenters. The molecule has 4 nitrogen and oxygen atoms in total. The minimum Gasteiger partial charge on any atom is -0.435 e. The van der Waals surface area contributed by atoms with Crippen LogP contribution >= 0.6 is 11.3 Å². The molecule has 0 aliphatic carbocycles. The molecule has 23 heavy (non-hydrogen) atoms. The van der Waals surface area contributed by atoms with Crippen LogP contribution in [-0.2, 0) is 4.74 Å². The van der Waals surface area contributed by atoms with Gasteiger partial charge in [-0.1, -0.05) is 0 Å². The molecule has 1 N–H and O–H groups in total. The molecule has 1 aromatic heterocycles. The molecule has 1 aliphatic rings. The summed E-state index contributed by atoms with van der Waals surface area (Å²) in [6.45, 7) is 0.776. The van der Waals surface area contributed by atoms with E-state index in [4.69, 9.17) is 4.74 Å². The second-order valence-electron chi connectivity index (χ2n) is 5.34. The highest BCUT2D eigenvalue weighted by Gasteiger charge is 2.16. The maximum atomic E-state index is 12.2. The van der Waals surface area contributed by atoms with Crippen molar-refractivity contribution in [3.63, 3.8) is 0 Å². The normalized spacial score (nSPS) is 17.7. The number of anilines is 1. The van der Waals surface area contributed by atoms with E-state index < -0.39 is 6.61 Å². The third kappa shape index (κ3) is 4.17. The van der Waals surface area contributed by atoms with Crippen molar-refractivity contribution in [3.05, 3.63) is 29.1 Å². The summed E-state index contributed by atoms with van der Waals surface area (Å²) in [5.74, 6) is 0.147. The molecule has 0 spiro atoms. The van der Waals surface area contributed by atoms with Crippen LogP contribution in [0.15, 0.2) is 24.3 Å². The van der Waals surface area contributed by atoms with Gasteiger partial charge in [0.05, 0.1) is 11.8 Å². The highest BCUT2D eigenvalue weighted by Crippen LogP contribution is 2.31. The zero-order valence-corrected chi connectivity index (χ0v) is 13.5. The lowest BCUT2D eigenvalue weighted by Gasteiger charge is -2.09. The molecule has 2 aromatic rings. The van der Waals surface area contributed by atoms with Crippen LogP contribution in [0.25, 0.3) is 11.3 Å². The van der Waals surface area contributed by atoms with Gasteiger partial charge in [0.25, 0.3) is 0 Å². The van der Waals surface area contributed by atoms with Crippen molar-refractivity contribution in [2.75, 3.05) is 18.5 Å². The van der Waals surface area contributed by atoms with Crippen LogP contribution < -0.4 is 10.1 Å². The smallest absolute Gasteiger partial charge is 0.387 e. The molecular weight excluding hydrogens is 322 g/mol. The number of alkyl halides is 2. The molecule has 1 saturated heterocycles. The van der Waals surface area contributed by atoms with Gasteiger partial charge in [-0.3, -0.25) is 0 Å². The average Bonchev–Trinajstić information content (AvgIpc) is 3.15. The summed E-state index contributed by atoms with van der Waals surface area (Å²) in [7, 11) is 0. The summed E-state index contributed by atoms with van der Waals surface area (Å²) >= 11 is 1.58. The first-order valence-corrected chi connectivity index (χ1v) is 8.31. The Morgan fingerprint density at radius 1 is 1.39 bits per heavy atom. The fourth-order valence-corrected chi connectivity index (χ4v) is 3.38. The predicted octanol–water partition coefficient (Wildman–Crippen LogP) is 4.31. The van der Waals surface area contributed by atoms with Crippen LogP contribution in [0.1, 0.15) is 17.7 Å². The second kappa shape index (κ2) is 7.23. The first-order valence-electron chi connectivity index (χ1n) is 7.50. The highest BCUT2D eigenvalue weighted by molar-refractivity contribution is 7.16. The van der Waals surface area contributed by atoms with E-state index >= 15 is 0 Å². The van der Waals surface area contributed by atoms with Crippen molar-refractivity contribution in [1.29, 1.82) is 0 Å². The minimum atomic E-state index is -2.81. The predicted molar refractivity (Wildman–Crippen MR) is 86.4 cm³/mol.